The average molecular weight is 224 g/mol. The van der Waals surface area contributed by atoms with Crippen LogP contribution in [0.1, 0.15) is 58.8 Å². The van der Waals surface area contributed by atoms with E-state index in [2.05, 4.69) is 6.92 Å². The predicted octanol–water partition coefficient (Wildman–Crippen LogP) is 3.34. The van der Waals surface area contributed by atoms with E-state index in [0.717, 1.165) is 32.1 Å². The molecule has 2 rings (SSSR count). The number of carbonyl (C=O) groups excluding carboxylic acids is 1. The smallest absolute Gasteiger partial charge is 0.167 e. The number of ketones is 1. The van der Waals surface area contributed by atoms with Crippen LogP contribution >= 0.6 is 0 Å². The van der Waals surface area contributed by atoms with Crippen LogP contribution in [0.15, 0.2) is 0 Å². The van der Waals surface area contributed by atoms with Crippen LogP contribution in [0.4, 0.5) is 0 Å². The van der Waals surface area contributed by atoms with E-state index in [1.165, 1.54) is 12.8 Å². The maximum Gasteiger partial charge on any atom is 0.167 e. The molecule has 2 aliphatic rings. The third-order valence-electron chi connectivity index (χ3n) is 4.30. The minimum absolute atomic E-state index is 0.317. The first-order chi connectivity index (χ1) is 7.68. The molecule has 0 aromatic rings. The Hall–Kier alpha value is -0.370. The second kappa shape index (κ2) is 4.87. The van der Waals surface area contributed by atoms with Crippen molar-refractivity contribution in [1.82, 2.24) is 0 Å². The minimum atomic E-state index is -0.405. The van der Waals surface area contributed by atoms with E-state index >= 15 is 0 Å². The van der Waals surface area contributed by atoms with Crippen molar-refractivity contribution < 1.29 is 9.53 Å². The number of hydrogen-bond donors (Lipinski definition) is 0. The molecule has 0 amide bonds. The predicted molar refractivity (Wildman–Crippen MR) is 64.3 cm³/mol. The molecule has 92 valence electrons. The van der Waals surface area contributed by atoms with Crippen LogP contribution < -0.4 is 0 Å². The molecule has 2 nitrogen and oxygen atoms in total. The molecule has 0 aromatic heterocycles. The molecule has 0 saturated heterocycles. The van der Waals surface area contributed by atoms with Crippen molar-refractivity contribution in [1.29, 1.82) is 0 Å². The lowest BCUT2D eigenvalue weighted by Crippen LogP contribution is -2.49. The van der Waals surface area contributed by atoms with E-state index in [-0.39, 0.29) is 0 Å². The van der Waals surface area contributed by atoms with Gasteiger partial charge in [-0.2, -0.15) is 0 Å². The van der Waals surface area contributed by atoms with Crippen molar-refractivity contribution in [3.63, 3.8) is 0 Å². The lowest BCUT2D eigenvalue weighted by molar-refractivity contribution is -0.158. The van der Waals surface area contributed by atoms with E-state index in [1.54, 1.807) is 0 Å². The van der Waals surface area contributed by atoms with Gasteiger partial charge in [0.2, 0.25) is 0 Å². The lowest BCUT2D eigenvalue weighted by Gasteiger charge is -2.42. The zero-order valence-electron chi connectivity index (χ0n) is 10.6. The Morgan fingerprint density at radius 2 is 2.06 bits per heavy atom. The molecular formula is C14H24O2. The summed E-state index contributed by atoms with van der Waals surface area (Å²) < 4.78 is 5.91. The van der Waals surface area contributed by atoms with E-state index in [4.69, 9.17) is 4.74 Å². The molecule has 2 aliphatic carbocycles. The van der Waals surface area contributed by atoms with Gasteiger partial charge in [-0.3, -0.25) is 4.79 Å². The molecule has 2 unspecified atom stereocenters. The summed E-state index contributed by atoms with van der Waals surface area (Å²) in [6, 6.07) is 0. The van der Waals surface area contributed by atoms with Crippen molar-refractivity contribution >= 4 is 5.78 Å². The highest BCUT2D eigenvalue weighted by Gasteiger charge is 2.46. The van der Waals surface area contributed by atoms with Crippen molar-refractivity contribution in [2.75, 3.05) is 6.61 Å². The van der Waals surface area contributed by atoms with Crippen LogP contribution in [0.3, 0.4) is 0 Å². The molecule has 0 aliphatic heterocycles. The maximum atomic E-state index is 12.5. The molecule has 16 heavy (non-hydrogen) atoms. The van der Waals surface area contributed by atoms with Gasteiger partial charge in [0.05, 0.1) is 0 Å². The summed E-state index contributed by atoms with van der Waals surface area (Å²) in [6.45, 7) is 4.93. The van der Waals surface area contributed by atoms with Crippen LogP contribution in [-0.4, -0.2) is 18.0 Å². The van der Waals surface area contributed by atoms with E-state index in [0.29, 0.717) is 24.2 Å². The van der Waals surface area contributed by atoms with Crippen LogP contribution in [0.25, 0.3) is 0 Å². The van der Waals surface area contributed by atoms with Gasteiger partial charge in [0.15, 0.2) is 5.78 Å². The average Bonchev–Trinajstić information content (AvgIpc) is 2.15. The van der Waals surface area contributed by atoms with Crippen molar-refractivity contribution in [2.45, 2.75) is 64.4 Å². The molecule has 0 spiro atoms. The largest absolute Gasteiger partial charge is 0.367 e. The Morgan fingerprint density at radius 3 is 2.56 bits per heavy atom. The first kappa shape index (κ1) is 12.1. The Balaban J connectivity index is 2.09. The summed E-state index contributed by atoms with van der Waals surface area (Å²) in [5, 5.41) is 0. The van der Waals surface area contributed by atoms with E-state index in [1.807, 2.05) is 6.92 Å². The van der Waals surface area contributed by atoms with Gasteiger partial charge in [-0.05, 0) is 44.9 Å². The van der Waals surface area contributed by atoms with Gasteiger partial charge in [0.1, 0.15) is 5.60 Å². The van der Waals surface area contributed by atoms with Gasteiger partial charge < -0.3 is 4.74 Å². The van der Waals surface area contributed by atoms with Gasteiger partial charge in [-0.1, -0.05) is 19.8 Å². The number of ether oxygens (including phenoxy) is 1. The highest BCUT2D eigenvalue weighted by Crippen LogP contribution is 2.41. The molecule has 0 heterocycles. The van der Waals surface area contributed by atoms with Crippen molar-refractivity contribution in [3.8, 4) is 0 Å². The Labute approximate surface area is 98.7 Å². The number of rotatable bonds is 4. The summed E-state index contributed by atoms with van der Waals surface area (Å²) in [5.41, 5.74) is -0.405. The number of carbonyl (C=O) groups is 1. The first-order valence-corrected chi connectivity index (χ1v) is 6.86. The minimum Gasteiger partial charge on any atom is -0.367 e. The molecule has 2 atom stereocenters. The summed E-state index contributed by atoms with van der Waals surface area (Å²) in [7, 11) is 0. The van der Waals surface area contributed by atoms with E-state index < -0.39 is 5.60 Å². The molecule has 0 radical (unpaired) electrons. The molecule has 2 heteroatoms. The molecule has 0 aromatic carbocycles. The third-order valence-corrected chi connectivity index (χ3v) is 4.30. The van der Waals surface area contributed by atoms with Crippen LogP contribution in [0.5, 0.6) is 0 Å². The summed E-state index contributed by atoms with van der Waals surface area (Å²) in [4.78, 5) is 12.5. The first-order valence-electron chi connectivity index (χ1n) is 6.86. The van der Waals surface area contributed by atoms with Gasteiger partial charge in [-0.15, -0.1) is 0 Å². The van der Waals surface area contributed by atoms with Crippen LogP contribution in [0, 0.1) is 11.8 Å². The quantitative estimate of drug-likeness (QED) is 0.732. The second-order valence-electron chi connectivity index (χ2n) is 5.62. The highest BCUT2D eigenvalue weighted by molar-refractivity contribution is 5.90. The monoisotopic (exact) mass is 224 g/mol. The topological polar surface area (TPSA) is 26.3 Å². The fourth-order valence-electron chi connectivity index (χ4n) is 3.25. The molecule has 2 saturated carbocycles. The summed E-state index contributed by atoms with van der Waals surface area (Å²) >= 11 is 0. The van der Waals surface area contributed by atoms with Gasteiger partial charge in [-0.25, -0.2) is 0 Å². The lowest BCUT2D eigenvalue weighted by atomic mass is 9.69. The van der Waals surface area contributed by atoms with Crippen molar-refractivity contribution in [3.05, 3.63) is 0 Å². The summed E-state index contributed by atoms with van der Waals surface area (Å²) in [6.07, 6.45) is 7.75. The van der Waals surface area contributed by atoms with Gasteiger partial charge in [0.25, 0.3) is 0 Å². The van der Waals surface area contributed by atoms with Gasteiger partial charge in [0, 0.05) is 12.5 Å². The fraction of sp³-hybridized carbons (Fsp3) is 0.929. The Bertz CT molecular complexity index is 253. The maximum absolute atomic E-state index is 12.5. The Kier molecular flexibility index (Phi) is 3.68. The number of Topliss-reactive ketones (excluding diaryl/α,β-unsaturated/α-hetero) is 1. The number of hydrogen-bond acceptors (Lipinski definition) is 2. The summed E-state index contributed by atoms with van der Waals surface area (Å²) in [5.74, 6) is 1.38. The van der Waals surface area contributed by atoms with E-state index in [9.17, 15) is 4.79 Å². The highest BCUT2D eigenvalue weighted by atomic mass is 16.5. The normalized spacial score (nSPS) is 35.8. The third kappa shape index (κ3) is 2.17. The van der Waals surface area contributed by atoms with Crippen molar-refractivity contribution in [2.24, 2.45) is 11.8 Å². The fourth-order valence-corrected chi connectivity index (χ4v) is 3.25. The molecular weight excluding hydrogens is 200 g/mol. The molecule has 0 bridgehead atoms. The van der Waals surface area contributed by atoms with Gasteiger partial charge >= 0.3 is 0 Å². The molecule has 2 fully saturated rings. The van der Waals surface area contributed by atoms with Crippen LogP contribution in [0.2, 0.25) is 0 Å². The zero-order chi connectivity index (χ0) is 11.6. The Morgan fingerprint density at radius 1 is 1.31 bits per heavy atom. The second-order valence-corrected chi connectivity index (χ2v) is 5.62. The standard InChI is InChI=1S/C14H24O2/c1-3-16-14(9-5-6-11(2)10-14)13(15)12-7-4-8-12/h11-12H,3-10H2,1-2H3. The van der Waals surface area contributed by atoms with Crippen LogP contribution in [-0.2, 0) is 9.53 Å². The molecule has 0 N–H and O–H groups in total. The SMILES string of the molecule is CCOC1(C(=O)C2CCC2)CCCC(C)C1. The zero-order valence-corrected chi connectivity index (χ0v) is 10.6.